The van der Waals surface area contributed by atoms with Gasteiger partial charge in [-0.25, -0.2) is 9.37 Å². The van der Waals surface area contributed by atoms with E-state index in [0.717, 1.165) is 17.8 Å². The van der Waals surface area contributed by atoms with E-state index in [-0.39, 0.29) is 23.0 Å². The first-order valence-electron chi connectivity index (χ1n) is 10.2. The molecule has 4 rings (SSSR count). The van der Waals surface area contributed by atoms with Gasteiger partial charge in [-0.2, -0.15) is 0 Å². The van der Waals surface area contributed by atoms with Crippen molar-refractivity contribution < 1.29 is 13.9 Å². The average Bonchev–Trinajstić information content (AvgIpc) is 2.80. The lowest BCUT2D eigenvalue weighted by Crippen LogP contribution is -2.35. The van der Waals surface area contributed by atoms with Crippen molar-refractivity contribution in [2.24, 2.45) is 0 Å². The Kier molecular flexibility index (Phi) is 6.87. The van der Waals surface area contributed by atoms with E-state index < -0.39 is 0 Å². The molecule has 0 bridgehead atoms. The quantitative estimate of drug-likeness (QED) is 0.421. The second kappa shape index (κ2) is 9.97. The lowest BCUT2D eigenvalue weighted by Gasteiger charge is -2.27. The number of hydrogen-bond acceptors (Lipinski definition) is 6. The highest BCUT2D eigenvalue weighted by atomic mass is 32.2. The summed E-state index contributed by atoms with van der Waals surface area (Å²) in [5.74, 6) is 0.314. The number of carbonyl (C=O) groups excluding carboxylic acids is 1. The summed E-state index contributed by atoms with van der Waals surface area (Å²) >= 11 is 1.19. The Morgan fingerprint density at radius 3 is 2.88 bits per heavy atom. The number of aromatic nitrogens is 2. The second-order valence-corrected chi connectivity index (χ2v) is 8.42. The SMILES string of the molecule is COc1cccc(NC(=O)CSc2nc3c(c(=O)[nH]2)CN(Cc2ccc(F)cc2)CC3)c1. The fraction of sp³-hybridized carbons (Fsp3) is 0.261. The van der Waals surface area contributed by atoms with Gasteiger partial charge in [0.05, 0.1) is 24.1 Å². The predicted molar refractivity (Wildman–Crippen MR) is 121 cm³/mol. The molecule has 0 aliphatic carbocycles. The molecule has 0 saturated carbocycles. The first kappa shape index (κ1) is 22.0. The maximum atomic E-state index is 13.1. The van der Waals surface area contributed by atoms with Gasteiger partial charge in [0.2, 0.25) is 5.91 Å². The van der Waals surface area contributed by atoms with Crippen LogP contribution < -0.4 is 15.6 Å². The van der Waals surface area contributed by atoms with Crippen molar-refractivity contribution >= 4 is 23.4 Å². The van der Waals surface area contributed by atoms with E-state index in [0.29, 0.717) is 41.7 Å². The van der Waals surface area contributed by atoms with E-state index in [4.69, 9.17) is 4.74 Å². The number of nitrogens with zero attached hydrogens (tertiary/aromatic N) is 2. The van der Waals surface area contributed by atoms with Crippen LogP contribution in [0.5, 0.6) is 5.75 Å². The van der Waals surface area contributed by atoms with Crippen LogP contribution in [0.1, 0.15) is 16.8 Å². The molecule has 166 valence electrons. The first-order valence-corrected chi connectivity index (χ1v) is 11.1. The Morgan fingerprint density at radius 1 is 1.28 bits per heavy atom. The molecule has 2 aromatic carbocycles. The van der Waals surface area contributed by atoms with Crippen molar-refractivity contribution in [3.63, 3.8) is 0 Å². The third kappa shape index (κ3) is 5.54. The van der Waals surface area contributed by atoms with Gasteiger partial charge in [-0.1, -0.05) is 30.0 Å². The van der Waals surface area contributed by atoms with Gasteiger partial charge in [-0.15, -0.1) is 0 Å². The number of rotatable bonds is 7. The van der Waals surface area contributed by atoms with E-state index >= 15 is 0 Å². The van der Waals surface area contributed by atoms with Crippen LogP contribution in [-0.4, -0.2) is 40.2 Å². The molecule has 1 amide bonds. The molecule has 1 aliphatic rings. The van der Waals surface area contributed by atoms with Crippen molar-refractivity contribution in [3.05, 3.63) is 81.5 Å². The van der Waals surface area contributed by atoms with Gasteiger partial charge in [0.1, 0.15) is 11.6 Å². The van der Waals surface area contributed by atoms with Crippen LogP contribution in [0.25, 0.3) is 0 Å². The van der Waals surface area contributed by atoms with Crippen molar-refractivity contribution in [1.29, 1.82) is 0 Å². The summed E-state index contributed by atoms with van der Waals surface area (Å²) in [6.45, 7) is 1.87. The van der Waals surface area contributed by atoms with Crippen LogP contribution in [-0.2, 0) is 24.3 Å². The molecule has 9 heteroatoms. The zero-order chi connectivity index (χ0) is 22.5. The Balaban J connectivity index is 1.36. The molecule has 2 N–H and O–H groups in total. The minimum Gasteiger partial charge on any atom is -0.497 e. The number of hydrogen-bond donors (Lipinski definition) is 2. The van der Waals surface area contributed by atoms with Gasteiger partial charge in [0.15, 0.2) is 5.16 Å². The normalized spacial score (nSPS) is 13.4. The number of nitrogens with one attached hydrogen (secondary N) is 2. The van der Waals surface area contributed by atoms with Crippen LogP contribution in [0.3, 0.4) is 0 Å². The molecule has 32 heavy (non-hydrogen) atoms. The van der Waals surface area contributed by atoms with Gasteiger partial charge >= 0.3 is 0 Å². The Bertz CT molecular complexity index is 1170. The zero-order valence-electron chi connectivity index (χ0n) is 17.6. The van der Waals surface area contributed by atoms with Gasteiger partial charge in [0, 0.05) is 37.8 Å². The molecule has 0 atom stereocenters. The zero-order valence-corrected chi connectivity index (χ0v) is 18.4. The standard InChI is InChI=1S/C23H23FN4O3S/c1-31-18-4-2-3-17(11-18)25-21(29)14-32-23-26-20-9-10-28(13-19(20)22(30)27-23)12-15-5-7-16(24)8-6-15/h2-8,11H,9-10,12-14H2,1H3,(H,25,29)(H,26,27,30). The van der Waals surface area contributed by atoms with Crippen molar-refractivity contribution in [2.45, 2.75) is 24.7 Å². The number of thioether (sulfide) groups is 1. The number of aromatic amines is 1. The summed E-state index contributed by atoms with van der Waals surface area (Å²) < 4.78 is 18.3. The average molecular weight is 455 g/mol. The third-order valence-corrected chi connectivity index (χ3v) is 6.01. The highest BCUT2D eigenvalue weighted by molar-refractivity contribution is 7.99. The lowest BCUT2D eigenvalue weighted by molar-refractivity contribution is -0.113. The molecule has 7 nitrogen and oxygen atoms in total. The molecular formula is C23H23FN4O3S. The van der Waals surface area contributed by atoms with Crippen molar-refractivity contribution in [2.75, 3.05) is 24.7 Å². The number of H-pyrrole nitrogens is 1. The number of halogens is 1. The number of benzene rings is 2. The molecule has 0 radical (unpaired) electrons. The molecule has 0 unspecified atom stereocenters. The minimum absolute atomic E-state index is 0.121. The Morgan fingerprint density at radius 2 is 2.09 bits per heavy atom. The van der Waals surface area contributed by atoms with E-state index in [1.54, 1.807) is 43.5 Å². The highest BCUT2D eigenvalue weighted by Gasteiger charge is 2.21. The largest absolute Gasteiger partial charge is 0.497 e. The number of anilines is 1. The van der Waals surface area contributed by atoms with E-state index in [2.05, 4.69) is 20.2 Å². The van der Waals surface area contributed by atoms with E-state index in [1.807, 2.05) is 0 Å². The molecular weight excluding hydrogens is 431 g/mol. The number of fused-ring (bicyclic) bond motifs is 1. The maximum Gasteiger partial charge on any atom is 0.256 e. The smallest absolute Gasteiger partial charge is 0.256 e. The highest BCUT2D eigenvalue weighted by Crippen LogP contribution is 2.21. The van der Waals surface area contributed by atoms with Gasteiger partial charge in [-0.3, -0.25) is 14.5 Å². The fourth-order valence-corrected chi connectivity index (χ4v) is 4.22. The molecule has 3 aromatic rings. The first-order chi connectivity index (χ1) is 15.5. The van der Waals surface area contributed by atoms with Crippen molar-refractivity contribution in [1.82, 2.24) is 14.9 Å². The number of ether oxygens (including phenoxy) is 1. The summed E-state index contributed by atoms with van der Waals surface area (Å²) in [6, 6.07) is 13.5. The summed E-state index contributed by atoms with van der Waals surface area (Å²) in [6.07, 6.45) is 0.643. The number of methoxy groups -OCH3 is 1. The van der Waals surface area contributed by atoms with Crippen LogP contribution in [0.2, 0.25) is 0 Å². The predicted octanol–water partition coefficient (Wildman–Crippen LogP) is 3.21. The Labute approximate surface area is 189 Å². The molecule has 2 heterocycles. The molecule has 1 aliphatic heterocycles. The fourth-order valence-electron chi connectivity index (χ4n) is 3.54. The van der Waals surface area contributed by atoms with Gasteiger partial charge in [0.25, 0.3) is 5.56 Å². The van der Waals surface area contributed by atoms with Gasteiger partial charge in [-0.05, 0) is 29.8 Å². The lowest BCUT2D eigenvalue weighted by atomic mass is 10.1. The van der Waals surface area contributed by atoms with E-state index in [1.165, 1.54) is 23.9 Å². The van der Waals surface area contributed by atoms with Crippen molar-refractivity contribution in [3.8, 4) is 5.75 Å². The van der Waals surface area contributed by atoms with Crippen LogP contribution in [0.15, 0.2) is 58.5 Å². The molecule has 1 aromatic heterocycles. The number of carbonyl (C=O) groups is 1. The van der Waals surface area contributed by atoms with E-state index in [9.17, 15) is 14.0 Å². The molecule has 0 spiro atoms. The molecule has 0 saturated heterocycles. The van der Waals surface area contributed by atoms with Gasteiger partial charge < -0.3 is 15.0 Å². The summed E-state index contributed by atoms with van der Waals surface area (Å²) in [7, 11) is 1.57. The molecule has 0 fully saturated rings. The Hall–Kier alpha value is -3.17. The minimum atomic E-state index is -0.263. The van der Waals surface area contributed by atoms with Crippen LogP contribution >= 0.6 is 11.8 Å². The maximum absolute atomic E-state index is 13.1. The van der Waals surface area contributed by atoms with Crippen LogP contribution in [0.4, 0.5) is 10.1 Å². The third-order valence-electron chi connectivity index (χ3n) is 5.14. The topological polar surface area (TPSA) is 87.3 Å². The summed E-state index contributed by atoms with van der Waals surface area (Å²) in [5.41, 5.74) is 2.86. The van der Waals surface area contributed by atoms with Crippen LogP contribution in [0, 0.1) is 5.82 Å². The second-order valence-electron chi connectivity index (χ2n) is 7.45. The summed E-state index contributed by atoms with van der Waals surface area (Å²) in [4.78, 5) is 34.4. The number of amides is 1. The monoisotopic (exact) mass is 454 g/mol. The summed E-state index contributed by atoms with van der Waals surface area (Å²) in [5, 5.41) is 3.24.